The minimum Gasteiger partial charge on any atom is -0.494 e. The molecule has 3 aromatic carbocycles. The van der Waals surface area contributed by atoms with Crippen LogP contribution in [0, 0.1) is 0 Å². The molecule has 1 atom stereocenters. The predicted molar refractivity (Wildman–Crippen MR) is 121 cm³/mol. The molecule has 0 radical (unpaired) electrons. The second-order valence-corrected chi connectivity index (χ2v) is 7.69. The number of hydrogen-bond acceptors (Lipinski definition) is 4. The summed E-state index contributed by atoms with van der Waals surface area (Å²) in [6.07, 6.45) is 0.633. The van der Waals surface area contributed by atoms with E-state index in [1.54, 1.807) is 0 Å². The first-order chi connectivity index (χ1) is 15.3. The standard InChI is InChI=1S/C25H28BNO4/c28-26-25-22(24(31-26)18-27-17-20-9-3-1-4-10-20)13-7-14-23(25)30-16-8-15-29-19-21-11-5-2-6-12-21/h1-7,9-14,24,27-28H,8,15-19H2/p+1. The second-order valence-electron chi connectivity index (χ2n) is 7.69. The van der Waals surface area contributed by atoms with E-state index in [9.17, 15) is 5.02 Å². The largest absolute Gasteiger partial charge is 0.496 e. The molecule has 0 amide bonds. The first kappa shape index (κ1) is 21.6. The molecule has 31 heavy (non-hydrogen) atoms. The molecule has 3 aromatic rings. The lowest BCUT2D eigenvalue weighted by Crippen LogP contribution is -2.83. The Hall–Kier alpha value is -2.64. The van der Waals surface area contributed by atoms with E-state index >= 15 is 0 Å². The fourth-order valence-corrected chi connectivity index (χ4v) is 3.83. The van der Waals surface area contributed by atoms with E-state index in [4.69, 9.17) is 14.1 Å². The molecule has 1 aliphatic heterocycles. The van der Waals surface area contributed by atoms with Crippen LogP contribution < -0.4 is 15.5 Å². The zero-order valence-electron chi connectivity index (χ0n) is 17.7. The number of rotatable bonds is 11. The molecule has 160 valence electrons. The summed E-state index contributed by atoms with van der Waals surface area (Å²) in [6.45, 7) is 3.39. The first-order valence-electron chi connectivity index (χ1n) is 10.9. The molecule has 1 aliphatic rings. The van der Waals surface area contributed by atoms with Gasteiger partial charge in [-0.15, -0.1) is 0 Å². The number of ether oxygens (including phenoxy) is 2. The van der Waals surface area contributed by atoms with Gasteiger partial charge in [0.25, 0.3) is 0 Å². The van der Waals surface area contributed by atoms with Crippen LogP contribution in [0.3, 0.4) is 0 Å². The van der Waals surface area contributed by atoms with E-state index in [-0.39, 0.29) is 6.10 Å². The van der Waals surface area contributed by atoms with Gasteiger partial charge in [0, 0.05) is 17.4 Å². The van der Waals surface area contributed by atoms with Crippen LogP contribution in [0.15, 0.2) is 78.9 Å². The van der Waals surface area contributed by atoms with Crippen LogP contribution in [0.2, 0.25) is 0 Å². The summed E-state index contributed by atoms with van der Waals surface area (Å²) < 4.78 is 17.5. The Morgan fingerprint density at radius 2 is 1.61 bits per heavy atom. The van der Waals surface area contributed by atoms with Crippen molar-refractivity contribution in [1.29, 1.82) is 0 Å². The van der Waals surface area contributed by atoms with Crippen LogP contribution in [0.5, 0.6) is 5.75 Å². The lowest BCUT2D eigenvalue weighted by atomic mass is 9.78. The average Bonchev–Trinajstić information content (AvgIpc) is 3.14. The van der Waals surface area contributed by atoms with E-state index in [0.717, 1.165) is 30.5 Å². The molecule has 1 unspecified atom stereocenters. The van der Waals surface area contributed by atoms with Crippen LogP contribution in [-0.2, 0) is 22.5 Å². The maximum Gasteiger partial charge on any atom is 0.496 e. The van der Waals surface area contributed by atoms with Gasteiger partial charge in [-0.25, -0.2) is 0 Å². The van der Waals surface area contributed by atoms with Crippen molar-refractivity contribution in [3.63, 3.8) is 0 Å². The van der Waals surface area contributed by atoms with Crippen molar-refractivity contribution in [2.45, 2.75) is 25.7 Å². The summed E-state index contributed by atoms with van der Waals surface area (Å²) in [5, 5.41) is 12.7. The molecule has 0 bridgehead atoms. The van der Waals surface area contributed by atoms with Crippen LogP contribution in [0.4, 0.5) is 0 Å². The molecule has 1 heterocycles. The molecule has 0 saturated heterocycles. The highest BCUT2D eigenvalue weighted by Crippen LogP contribution is 2.26. The molecule has 6 heteroatoms. The smallest absolute Gasteiger partial charge is 0.494 e. The van der Waals surface area contributed by atoms with Gasteiger partial charge in [0.05, 0.1) is 19.8 Å². The van der Waals surface area contributed by atoms with E-state index in [1.807, 2.05) is 54.6 Å². The van der Waals surface area contributed by atoms with Crippen LogP contribution in [0.25, 0.3) is 0 Å². The monoisotopic (exact) mass is 418 g/mol. The maximum absolute atomic E-state index is 10.5. The van der Waals surface area contributed by atoms with Crippen LogP contribution >= 0.6 is 0 Å². The number of nitrogens with two attached hydrogens (primary N) is 1. The third-order valence-corrected chi connectivity index (χ3v) is 5.39. The number of hydrogen-bond donors (Lipinski definition) is 2. The Kier molecular flexibility index (Phi) is 7.74. The van der Waals surface area contributed by atoms with Gasteiger partial charge in [-0.05, 0) is 17.2 Å². The highest BCUT2D eigenvalue weighted by atomic mass is 16.5. The van der Waals surface area contributed by atoms with Gasteiger partial charge in [0.15, 0.2) is 0 Å². The van der Waals surface area contributed by atoms with Crippen molar-refractivity contribution >= 4 is 12.6 Å². The van der Waals surface area contributed by atoms with Crippen molar-refractivity contribution in [2.24, 2.45) is 0 Å². The van der Waals surface area contributed by atoms with Gasteiger partial charge >= 0.3 is 7.12 Å². The fraction of sp³-hybridized carbons (Fsp3) is 0.280. The topological polar surface area (TPSA) is 64.5 Å². The van der Waals surface area contributed by atoms with Gasteiger partial charge < -0.3 is 24.5 Å². The van der Waals surface area contributed by atoms with Crippen LogP contribution in [-0.4, -0.2) is 31.9 Å². The molecule has 0 spiro atoms. The van der Waals surface area contributed by atoms with Gasteiger partial charge in [-0.1, -0.05) is 72.8 Å². The van der Waals surface area contributed by atoms with Crippen LogP contribution in [0.1, 0.15) is 29.2 Å². The normalized spacial score (nSPS) is 15.1. The second kappa shape index (κ2) is 11.1. The molecule has 0 fully saturated rings. The van der Waals surface area contributed by atoms with Gasteiger partial charge in [-0.3, -0.25) is 0 Å². The van der Waals surface area contributed by atoms with E-state index in [0.29, 0.717) is 25.6 Å². The molecular weight excluding hydrogens is 389 g/mol. The highest BCUT2D eigenvalue weighted by molar-refractivity contribution is 6.62. The fourth-order valence-electron chi connectivity index (χ4n) is 3.83. The highest BCUT2D eigenvalue weighted by Gasteiger charge is 2.38. The van der Waals surface area contributed by atoms with Crippen molar-refractivity contribution in [3.8, 4) is 5.75 Å². The molecule has 5 nitrogen and oxygen atoms in total. The molecule has 4 rings (SSSR count). The maximum atomic E-state index is 10.5. The van der Waals surface area contributed by atoms with Crippen molar-refractivity contribution in [3.05, 3.63) is 95.6 Å². The van der Waals surface area contributed by atoms with Crippen molar-refractivity contribution in [2.75, 3.05) is 19.8 Å². The molecule has 3 N–H and O–H groups in total. The Morgan fingerprint density at radius 1 is 0.871 bits per heavy atom. The van der Waals surface area contributed by atoms with Crippen molar-refractivity contribution < 1.29 is 24.5 Å². The van der Waals surface area contributed by atoms with E-state index in [2.05, 4.69) is 29.6 Å². The summed E-state index contributed by atoms with van der Waals surface area (Å²) in [5.74, 6) is 0.693. The summed E-state index contributed by atoms with van der Waals surface area (Å²) in [6, 6.07) is 26.4. The third-order valence-electron chi connectivity index (χ3n) is 5.39. The van der Waals surface area contributed by atoms with E-state index in [1.165, 1.54) is 11.1 Å². The Labute approximate surface area is 184 Å². The van der Waals surface area contributed by atoms with Gasteiger partial charge in [0.1, 0.15) is 24.9 Å². The number of quaternary nitrogens is 1. The zero-order valence-corrected chi connectivity index (χ0v) is 17.7. The minimum atomic E-state index is -0.948. The minimum absolute atomic E-state index is 0.147. The first-order valence-corrected chi connectivity index (χ1v) is 10.9. The summed E-state index contributed by atoms with van der Waals surface area (Å²) in [7, 11) is -0.948. The molecule has 0 aliphatic carbocycles. The van der Waals surface area contributed by atoms with E-state index < -0.39 is 7.12 Å². The zero-order chi connectivity index (χ0) is 21.3. The average molecular weight is 418 g/mol. The summed E-state index contributed by atoms with van der Waals surface area (Å²) >= 11 is 0. The van der Waals surface area contributed by atoms with Crippen molar-refractivity contribution in [1.82, 2.24) is 0 Å². The Bertz CT molecular complexity index is 939. The third kappa shape index (κ3) is 5.96. The molecule has 0 saturated carbocycles. The molecular formula is C25H29BNO4+. The Balaban J connectivity index is 1.24. The lowest BCUT2D eigenvalue weighted by Gasteiger charge is -2.12. The van der Waals surface area contributed by atoms with Gasteiger partial charge in [0.2, 0.25) is 0 Å². The SMILES string of the molecule is OB1OC(C[NH2+]Cc2ccccc2)c2cccc(OCCCOCc3ccccc3)c21. The van der Waals surface area contributed by atoms with Gasteiger partial charge in [-0.2, -0.15) is 0 Å². The summed E-state index contributed by atoms with van der Waals surface area (Å²) in [4.78, 5) is 0. The Morgan fingerprint density at radius 3 is 2.39 bits per heavy atom. The summed E-state index contributed by atoms with van der Waals surface area (Å²) in [5.41, 5.74) is 4.20. The number of fused-ring (bicyclic) bond motifs is 1. The predicted octanol–water partition coefficient (Wildman–Crippen LogP) is 2.19. The number of benzene rings is 3. The lowest BCUT2D eigenvalue weighted by molar-refractivity contribution is -0.676. The quantitative estimate of drug-likeness (QED) is 0.370. The molecule has 0 aromatic heterocycles.